The molecule has 4 aromatic rings. The molecule has 0 aliphatic heterocycles. The van der Waals surface area contributed by atoms with E-state index in [1.807, 2.05) is 56.3 Å². The van der Waals surface area contributed by atoms with Crippen molar-refractivity contribution in [3.8, 4) is 28.6 Å². The van der Waals surface area contributed by atoms with E-state index in [4.69, 9.17) is 9.26 Å². The molecule has 3 aromatic carbocycles. The largest absolute Gasteiger partial charge is 0.491 e. The summed E-state index contributed by atoms with van der Waals surface area (Å²) in [6.07, 6.45) is 0.0887. The van der Waals surface area contributed by atoms with Gasteiger partial charge in [-0.05, 0) is 62.4 Å². The lowest BCUT2D eigenvalue weighted by Crippen LogP contribution is -2.12. The van der Waals surface area contributed by atoms with Gasteiger partial charge in [-0.2, -0.15) is 4.98 Å². The molecule has 0 aliphatic carbocycles. The quantitative estimate of drug-likeness (QED) is 0.467. The van der Waals surface area contributed by atoms with Crippen molar-refractivity contribution < 1.29 is 14.1 Å². The molecule has 1 amide bonds. The fraction of sp³-hybridized carbons (Fsp3) is 0.125. The maximum absolute atomic E-state index is 12.5. The summed E-state index contributed by atoms with van der Waals surface area (Å²) >= 11 is 0. The van der Waals surface area contributed by atoms with Crippen molar-refractivity contribution in [2.24, 2.45) is 0 Å². The van der Waals surface area contributed by atoms with Crippen LogP contribution in [-0.4, -0.2) is 22.2 Å². The Labute approximate surface area is 174 Å². The molecule has 0 radical (unpaired) electrons. The van der Waals surface area contributed by atoms with Gasteiger partial charge in [0.05, 0.1) is 6.10 Å². The number of carbonyl (C=O) groups is 1. The number of amides is 1. The van der Waals surface area contributed by atoms with Gasteiger partial charge in [-0.1, -0.05) is 35.5 Å². The number of anilines is 1. The Morgan fingerprint density at radius 2 is 1.60 bits per heavy atom. The van der Waals surface area contributed by atoms with Gasteiger partial charge in [0.1, 0.15) is 5.75 Å². The van der Waals surface area contributed by atoms with Crippen LogP contribution >= 0.6 is 0 Å². The molecule has 0 bridgehead atoms. The Morgan fingerprint density at radius 3 is 2.27 bits per heavy atom. The zero-order valence-electron chi connectivity index (χ0n) is 16.7. The van der Waals surface area contributed by atoms with Crippen molar-refractivity contribution in [2.45, 2.75) is 20.0 Å². The molecule has 6 heteroatoms. The zero-order valence-corrected chi connectivity index (χ0v) is 16.7. The van der Waals surface area contributed by atoms with Crippen molar-refractivity contribution in [1.29, 1.82) is 0 Å². The molecular formula is C24H21N3O3. The van der Waals surface area contributed by atoms with Crippen LogP contribution in [0.5, 0.6) is 5.75 Å². The average Bonchev–Trinajstić information content (AvgIpc) is 3.25. The summed E-state index contributed by atoms with van der Waals surface area (Å²) < 4.78 is 11.0. The lowest BCUT2D eigenvalue weighted by molar-refractivity contribution is 0.102. The second-order valence-electron chi connectivity index (χ2n) is 7.01. The monoisotopic (exact) mass is 399 g/mol. The first-order valence-corrected chi connectivity index (χ1v) is 9.66. The van der Waals surface area contributed by atoms with Crippen LogP contribution in [0.2, 0.25) is 0 Å². The third-order valence-corrected chi connectivity index (χ3v) is 4.34. The molecule has 0 unspecified atom stereocenters. The third-order valence-electron chi connectivity index (χ3n) is 4.34. The summed E-state index contributed by atoms with van der Waals surface area (Å²) in [7, 11) is 0. The fourth-order valence-electron chi connectivity index (χ4n) is 2.90. The van der Waals surface area contributed by atoms with Crippen LogP contribution in [0.25, 0.3) is 22.8 Å². The summed E-state index contributed by atoms with van der Waals surface area (Å²) in [4.78, 5) is 16.9. The molecule has 1 aromatic heterocycles. The molecule has 0 fully saturated rings. The van der Waals surface area contributed by atoms with Gasteiger partial charge in [-0.15, -0.1) is 0 Å². The van der Waals surface area contributed by atoms with E-state index in [2.05, 4.69) is 15.5 Å². The minimum Gasteiger partial charge on any atom is -0.491 e. The topological polar surface area (TPSA) is 77.2 Å². The van der Waals surface area contributed by atoms with Gasteiger partial charge in [-0.3, -0.25) is 4.79 Å². The van der Waals surface area contributed by atoms with Gasteiger partial charge in [0.25, 0.3) is 11.8 Å². The second kappa shape index (κ2) is 8.61. The van der Waals surface area contributed by atoms with Gasteiger partial charge in [0.15, 0.2) is 0 Å². The van der Waals surface area contributed by atoms with Crippen molar-refractivity contribution in [3.63, 3.8) is 0 Å². The van der Waals surface area contributed by atoms with Gasteiger partial charge in [-0.25, -0.2) is 0 Å². The van der Waals surface area contributed by atoms with Gasteiger partial charge in [0.2, 0.25) is 5.82 Å². The highest BCUT2D eigenvalue weighted by molar-refractivity contribution is 6.04. The number of aromatic nitrogens is 2. The van der Waals surface area contributed by atoms with E-state index in [9.17, 15) is 4.79 Å². The summed E-state index contributed by atoms with van der Waals surface area (Å²) in [5.41, 5.74) is 2.90. The normalized spacial score (nSPS) is 10.8. The number of hydrogen-bond acceptors (Lipinski definition) is 5. The molecule has 0 spiro atoms. The minimum absolute atomic E-state index is 0.0887. The summed E-state index contributed by atoms with van der Waals surface area (Å²) in [6.45, 7) is 3.92. The first kappa shape index (κ1) is 19.4. The van der Waals surface area contributed by atoms with Gasteiger partial charge >= 0.3 is 0 Å². The summed E-state index contributed by atoms with van der Waals surface area (Å²) in [5, 5.41) is 6.91. The lowest BCUT2D eigenvalue weighted by Gasteiger charge is -2.10. The Bertz CT molecular complexity index is 1120. The fourth-order valence-corrected chi connectivity index (χ4v) is 2.90. The average molecular weight is 399 g/mol. The van der Waals surface area contributed by atoms with Crippen LogP contribution in [0.4, 0.5) is 5.69 Å². The highest BCUT2D eigenvalue weighted by atomic mass is 16.5. The highest BCUT2D eigenvalue weighted by Crippen LogP contribution is 2.24. The molecule has 0 atom stereocenters. The second-order valence-corrected chi connectivity index (χ2v) is 7.01. The maximum Gasteiger partial charge on any atom is 0.258 e. The lowest BCUT2D eigenvalue weighted by atomic mass is 10.1. The van der Waals surface area contributed by atoms with Gasteiger partial charge < -0.3 is 14.6 Å². The number of ether oxygens (including phenoxy) is 1. The van der Waals surface area contributed by atoms with Crippen LogP contribution in [-0.2, 0) is 0 Å². The third kappa shape index (κ3) is 4.55. The van der Waals surface area contributed by atoms with Crippen LogP contribution in [0, 0.1) is 0 Å². The van der Waals surface area contributed by atoms with Gasteiger partial charge in [0, 0.05) is 22.4 Å². The molecule has 1 N–H and O–H groups in total. The number of rotatable bonds is 6. The van der Waals surface area contributed by atoms with Crippen LogP contribution in [0.1, 0.15) is 24.2 Å². The van der Waals surface area contributed by atoms with Crippen molar-refractivity contribution in [1.82, 2.24) is 10.1 Å². The first-order valence-electron chi connectivity index (χ1n) is 9.66. The Kier molecular flexibility index (Phi) is 5.57. The number of benzene rings is 3. The Balaban J connectivity index is 1.42. The molecule has 1 heterocycles. The van der Waals surface area contributed by atoms with E-state index in [-0.39, 0.29) is 12.0 Å². The van der Waals surface area contributed by atoms with Crippen molar-refractivity contribution in [3.05, 3.63) is 84.4 Å². The van der Waals surface area contributed by atoms with E-state index < -0.39 is 0 Å². The van der Waals surface area contributed by atoms with E-state index in [0.29, 0.717) is 23.0 Å². The van der Waals surface area contributed by atoms with E-state index in [1.54, 1.807) is 36.4 Å². The smallest absolute Gasteiger partial charge is 0.258 e. The summed E-state index contributed by atoms with van der Waals surface area (Å²) in [6, 6.07) is 24.0. The molecule has 30 heavy (non-hydrogen) atoms. The number of nitrogens with one attached hydrogen (secondary N) is 1. The maximum atomic E-state index is 12.5. The van der Waals surface area contributed by atoms with E-state index in [0.717, 1.165) is 16.9 Å². The molecule has 0 saturated carbocycles. The molecule has 0 aliphatic rings. The van der Waals surface area contributed by atoms with Crippen LogP contribution in [0.15, 0.2) is 83.4 Å². The number of hydrogen-bond donors (Lipinski definition) is 1. The van der Waals surface area contributed by atoms with E-state index in [1.165, 1.54) is 0 Å². The minimum atomic E-state index is -0.192. The predicted molar refractivity (Wildman–Crippen MR) is 115 cm³/mol. The SMILES string of the molecule is CC(C)Oc1ccc(C(=O)Nc2ccc(-c3nc(-c4ccccc4)no3)cc2)cc1. The molecule has 4 rings (SSSR count). The van der Waals surface area contributed by atoms with Crippen LogP contribution < -0.4 is 10.1 Å². The highest BCUT2D eigenvalue weighted by Gasteiger charge is 2.11. The van der Waals surface area contributed by atoms with Crippen molar-refractivity contribution in [2.75, 3.05) is 5.32 Å². The van der Waals surface area contributed by atoms with Crippen LogP contribution in [0.3, 0.4) is 0 Å². The van der Waals surface area contributed by atoms with E-state index >= 15 is 0 Å². The van der Waals surface area contributed by atoms with Crippen molar-refractivity contribution >= 4 is 11.6 Å². The molecular weight excluding hydrogens is 378 g/mol. The number of carbonyl (C=O) groups excluding carboxylic acids is 1. The predicted octanol–water partition coefficient (Wildman–Crippen LogP) is 5.44. The molecule has 6 nitrogen and oxygen atoms in total. The zero-order chi connectivity index (χ0) is 20.9. The standard InChI is InChI=1S/C24H21N3O3/c1-16(2)29-21-14-10-18(11-15-21)23(28)25-20-12-8-19(9-13-20)24-26-22(27-30-24)17-6-4-3-5-7-17/h3-16H,1-2H3,(H,25,28). The first-order chi connectivity index (χ1) is 14.6. The molecule has 150 valence electrons. The Morgan fingerprint density at radius 1 is 0.900 bits per heavy atom. The number of nitrogens with zero attached hydrogens (tertiary/aromatic N) is 2. The molecule has 0 saturated heterocycles. The summed E-state index contributed by atoms with van der Waals surface area (Å²) in [5.74, 6) is 1.50. The Hall–Kier alpha value is -3.93.